The molecule has 1 N–H and O–H groups in total. The minimum atomic E-state index is 0.307. The Kier molecular flexibility index (Phi) is 5.81. The van der Waals surface area contributed by atoms with Crippen molar-refractivity contribution < 1.29 is 4.79 Å². The Morgan fingerprint density at radius 2 is 2.00 bits per heavy atom. The van der Waals surface area contributed by atoms with Crippen molar-refractivity contribution in [3.05, 3.63) is 0 Å². The summed E-state index contributed by atoms with van der Waals surface area (Å²) in [6, 6.07) is 0.307. The largest absolute Gasteiger partial charge is 0.343 e. The van der Waals surface area contributed by atoms with Crippen molar-refractivity contribution in [3.8, 4) is 0 Å². The molecule has 94 valence electrons. The fourth-order valence-corrected chi connectivity index (χ4v) is 2.40. The van der Waals surface area contributed by atoms with Crippen LogP contribution in [0.5, 0.6) is 0 Å². The third-order valence-electron chi connectivity index (χ3n) is 3.58. The molecule has 16 heavy (non-hydrogen) atoms. The first-order valence-corrected chi connectivity index (χ1v) is 6.68. The van der Waals surface area contributed by atoms with Crippen LogP contribution in [0.3, 0.4) is 0 Å². The molecule has 0 bridgehead atoms. The van der Waals surface area contributed by atoms with E-state index in [0.717, 1.165) is 25.6 Å². The van der Waals surface area contributed by atoms with Crippen LogP contribution in [0.25, 0.3) is 0 Å². The Bertz CT molecular complexity index is 210. The summed E-state index contributed by atoms with van der Waals surface area (Å²) in [7, 11) is 0. The van der Waals surface area contributed by atoms with Crippen molar-refractivity contribution in [2.75, 3.05) is 19.6 Å². The topological polar surface area (TPSA) is 32.3 Å². The summed E-state index contributed by atoms with van der Waals surface area (Å²) in [5, 5.41) is 3.29. The van der Waals surface area contributed by atoms with Crippen LogP contribution in [0, 0.1) is 5.92 Å². The SMILES string of the molecule is CCNC(C)CC(=O)N1CCC(CC)CC1. The van der Waals surface area contributed by atoms with Crippen molar-refractivity contribution in [2.45, 2.75) is 52.5 Å². The van der Waals surface area contributed by atoms with Crippen LogP contribution < -0.4 is 5.32 Å². The molecule has 1 fully saturated rings. The van der Waals surface area contributed by atoms with Gasteiger partial charge in [-0.25, -0.2) is 0 Å². The second-order valence-electron chi connectivity index (χ2n) is 4.90. The van der Waals surface area contributed by atoms with E-state index in [1.807, 2.05) is 4.90 Å². The van der Waals surface area contributed by atoms with E-state index in [9.17, 15) is 4.79 Å². The first-order valence-electron chi connectivity index (χ1n) is 6.68. The van der Waals surface area contributed by atoms with E-state index in [1.165, 1.54) is 19.3 Å². The van der Waals surface area contributed by atoms with E-state index in [4.69, 9.17) is 0 Å². The van der Waals surface area contributed by atoms with Crippen LogP contribution >= 0.6 is 0 Å². The van der Waals surface area contributed by atoms with Crippen molar-refractivity contribution in [1.82, 2.24) is 10.2 Å². The number of likely N-dealkylation sites (tertiary alicyclic amines) is 1. The first-order chi connectivity index (χ1) is 7.67. The maximum Gasteiger partial charge on any atom is 0.224 e. The van der Waals surface area contributed by atoms with Crippen LogP contribution in [0.15, 0.2) is 0 Å². The summed E-state index contributed by atoms with van der Waals surface area (Å²) >= 11 is 0. The fraction of sp³-hybridized carbons (Fsp3) is 0.923. The number of nitrogens with one attached hydrogen (secondary N) is 1. The maximum atomic E-state index is 12.0. The molecule has 0 radical (unpaired) electrons. The molecule has 3 heteroatoms. The summed E-state index contributed by atoms with van der Waals surface area (Å²) in [4.78, 5) is 14.0. The summed E-state index contributed by atoms with van der Waals surface area (Å²) in [6.07, 6.45) is 4.29. The van der Waals surface area contributed by atoms with Gasteiger partial charge >= 0.3 is 0 Å². The lowest BCUT2D eigenvalue weighted by Crippen LogP contribution is -2.41. The monoisotopic (exact) mass is 226 g/mol. The van der Waals surface area contributed by atoms with E-state index in [2.05, 4.69) is 26.1 Å². The van der Waals surface area contributed by atoms with Gasteiger partial charge in [0.2, 0.25) is 5.91 Å². The third-order valence-corrected chi connectivity index (χ3v) is 3.58. The smallest absolute Gasteiger partial charge is 0.224 e. The van der Waals surface area contributed by atoms with Crippen molar-refractivity contribution >= 4 is 5.91 Å². The predicted molar refractivity (Wildman–Crippen MR) is 67.4 cm³/mol. The molecule has 1 aliphatic rings. The van der Waals surface area contributed by atoms with Crippen LogP contribution in [-0.4, -0.2) is 36.5 Å². The molecule has 1 atom stereocenters. The van der Waals surface area contributed by atoms with Crippen LogP contribution in [0.4, 0.5) is 0 Å². The molecule has 0 aromatic rings. The number of carbonyl (C=O) groups excluding carboxylic acids is 1. The Morgan fingerprint density at radius 3 is 2.50 bits per heavy atom. The van der Waals surface area contributed by atoms with E-state index in [-0.39, 0.29) is 0 Å². The lowest BCUT2D eigenvalue weighted by atomic mass is 9.94. The Hall–Kier alpha value is -0.570. The second kappa shape index (κ2) is 6.89. The van der Waals surface area contributed by atoms with Gasteiger partial charge in [0, 0.05) is 25.6 Å². The van der Waals surface area contributed by atoms with E-state index in [0.29, 0.717) is 18.4 Å². The molecule has 1 aliphatic heterocycles. The lowest BCUT2D eigenvalue weighted by Gasteiger charge is -2.32. The highest BCUT2D eigenvalue weighted by molar-refractivity contribution is 5.76. The van der Waals surface area contributed by atoms with Gasteiger partial charge in [0.1, 0.15) is 0 Å². The Labute approximate surface area is 99.6 Å². The van der Waals surface area contributed by atoms with Gasteiger partial charge in [0.05, 0.1) is 0 Å². The maximum absolute atomic E-state index is 12.0. The van der Waals surface area contributed by atoms with Gasteiger partial charge in [-0.15, -0.1) is 0 Å². The van der Waals surface area contributed by atoms with Gasteiger partial charge in [-0.3, -0.25) is 4.79 Å². The molecule has 0 saturated carbocycles. The number of rotatable bonds is 5. The molecule has 0 aromatic carbocycles. The average Bonchev–Trinajstić information content (AvgIpc) is 2.29. The third kappa shape index (κ3) is 4.12. The molecular weight excluding hydrogens is 200 g/mol. The van der Waals surface area contributed by atoms with Crippen LogP contribution in [-0.2, 0) is 4.79 Å². The summed E-state index contributed by atoms with van der Waals surface area (Å²) < 4.78 is 0. The standard InChI is InChI=1S/C13H26N2O/c1-4-12-6-8-15(9-7-12)13(16)10-11(3)14-5-2/h11-12,14H,4-10H2,1-3H3. The minimum absolute atomic E-state index is 0.307. The zero-order valence-electron chi connectivity index (χ0n) is 11.0. The number of amides is 1. The number of piperidine rings is 1. The summed E-state index contributed by atoms with van der Waals surface area (Å²) in [5.74, 6) is 1.17. The molecule has 0 spiro atoms. The van der Waals surface area contributed by atoms with Gasteiger partial charge in [-0.05, 0) is 32.2 Å². The molecule has 1 amide bonds. The summed E-state index contributed by atoms with van der Waals surface area (Å²) in [5.41, 5.74) is 0. The highest BCUT2D eigenvalue weighted by Crippen LogP contribution is 2.20. The van der Waals surface area contributed by atoms with E-state index < -0.39 is 0 Å². The average molecular weight is 226 g/mol. The van der Waals surface area contributed by atoms with Crippen molar-refractivity contribution in [2.24, 2.45) is 5.92 Å². The molecule has 0 aliphatic carbocycles. The number of hydrogen-bond acceptors (Lipinski definition) is 2. The van der Waals surface area contributed by atoms with Crippen molar-refractivity contribution in [3.63, 3.8) is 0 Å². The Balaban J connectivity index is 2.27. The fourth-order valence-electron chi connectivity index (χ4n) is 2.40. The lowest BCUT2D eigenvalue weighted by molar-refractivity contribution is -0.133. The zero-order valence-corrected chi connectivity index (χ0v) is 11.0. The zero-order chi connectivity index (χ0) is 12.0. The number of hydrogen-bond donors (Lipinski definition) is 1. The molecule has 1 unspecified atom stereocenters. The van der Waals surface area contributed by atoms with Crippen LogP contribution in [0.1, 0.15) is 46.5 Å². The van der Waals surface area contributed by atoms with E-state index in [1.54, 1.807) is 0 Å². The molecule has 1 saturated heterocycles. The summed E-state index contributed by atoms with van der Waals surface area (Å²) in [6.45, 7) is 9.28. The number of carbonyl (C=O) groups is 1. The molecule has 3 nitrogen and oxygen atoms in total. The normalized spacial score (nSPS) is 19.8. The van der Waals surface area contributed by atoms with Gasteiger partial charge < -0.3 is 10.2 Å². The molecule has 1 heterocycles. The van der Waals surface area contributed by atoms with Gasteiger partial charge in [0.25, 0.3) is 0 Å². The quantitative estimate of drug-likeness (QED) is 0.778. The highest BCUT2D eigenvalue weighted by Gasteiger charge is 2.22. The van der Waals surface area contributed by atoms with Crippen LogP contribution in [0.2, 0.25) is 0 Å². The molecule has 0 aromatic heterocycles. The highest BCUT2D eigenvalue weighted by atomic mass is 16.2. The number of nitrogens with zero attached hydrogens (tertiary/aromatic N) is 1. The Morgan fingerprint density at radius 1 is 1.38 bits per heavy atom. The molecule has 1 rings (SSSR count). The second-order valence-corrected chi connectivity index (χ2v) is 4.90. The van der Waals surface area contributed by atoms with Gasteiger partial charge in [-0.2, -0.15) is 0 Å². The molecular formula is C13H26N2O. The van der Waals surface area contributed by atoms with Gasteiger partial charge in [-0.1, -0.05) is 20.3 Å². The predicted octanol–water partition coefficient (Wildman–Crippen LogP) is 2.02. The minimum Gasteiger partial charge on any atom is -0.343 e. The van der Waals surface area contributed by atoms with E-state index >= 15 is 0 Å². The van der Waals surface area contributed by atoms with Gasteiger partial charge in [0.15, 0.2) is 0 Å². The first kappa shape index (κ1) is 13.5. The van der Waals surface area contributed by atoms with Crippen molar-refractivity contribution in [1.29, 1.82) is 0 Å².